The molecule has 0 aliphatic carbocycles. The summed E-state index contributed by atoms with van der Waals surface area (Å²) >= 11 is 0. The van der Waals surface area contributed by atoms with Crippen LogP contribution in [0.2, 0.25) is 0 Å². The second-order valence-corrected chi connectivity index (χ2v) is 4.95. The number of halogens is 2. The largest absolute Gasteiger partial charge is 0.380 e. The van der Waals surface area contributed by atoms with E-state index in [9.17, 15) is 18.4 Å². The van der Waals surface area contributed by atoms with Crippen LogP contribution in [-0.2, 0) is 16.1 Å². The van der Waals surface area contributed by atoms with Gasteiger partial charge in [-0.2, -0.15) is 0 Å². The smallest absolute Gasteiger partial charge is 0.251 e. The predicted molar refractivity (Wildman–Crippen MR) is 84.5 cm³/mol. The van der Waals surface area contributed by atoms with Crippen LogP contribution in [0.4, 0.5) is 14.5 Å². The molecule has 0 fully saturated rings. The topological polar surface area (TPSA) is 67.4 Å². The maximum Gasteiger partial charge on any atom is 0.251 e. The number of carbonyl (C=O) groups excluding carboxylic acids is 2. The molecule has 24 heavy (non-hydrogen) atoms. The number of amides is 2. The fourth-order valence-corrected chi connectivity index (χ4v) is 2.02. The summed E-state index contributed by atoms with van der Waals surface area (Å²) in [7, 11) is 1.54. The molecule has 0 radical (unpaired) electrons. The summed E-state index contributed by atoms with van der Waals surface area (Å²) in [5.74, 6) is -3.29. The second-order valence-electron chi connectivity index (χ2n) is 4.95. The molecule has 0 spiro atoms. The maximum absolute atomic E-state index is 13.1. The van der Waals surface area contributed by atoms with E-state index < -0.39 is 23.4 Å². The van der Waals surface area contributed by atoms with E-state index >= 15 is 0 Å². The highest BCUT2D eigenvalue weighted by atomic mass is 19.2. The molecule has 2 N–H and O–H groups in total. The minimum Gasteiger partial charge on any atom is -0.380 e. The summed E-state index contributed by atoms with van der Waals surface area (Å²) < 4.78 is 31.0. The summed E-state index contributed by atoms with van der Waals surface area (Å²) in [4.78, 5) is 23.8. The Kier molecular flexibility index (Phi) is 5.97. The van der Waals surface area contributed by atoms with E-state index in [0.717, 1.165) is 23.8 Å². The highest BCUT2D eigenvalue weighted by Crippen LogP contribution is 2.15. The summed E-state index contributed by atoms with van der Waals surface area (Å²) in [5.41, 5.74) is 1.30. The molecule has 0 saturated heterocycles. The lowest BCUT2D eigenvalue weighted by Gasteiger charge is -2.11. The van der Waals surface area contributed by atoms with Crippen LogP contribution in [0.25, 0.3) is 0 Å². The highest BCUT2D eigenvalue weighted by molar-refractivity contribution is 5.99. The second kappa shape index (κ2) is 8.16. The normalized spacial score (nSPS) is 10.3. The maximum atomic E-state index is 13.1. The Balaban J connectivity index is 1.93. The van der Waals surface area contributed by atoms with E-state index in [2.05, 4.69) is 10.6 Å². The molecule has 0 atom stereocenters. The zero-order valence-corrected chi connectivity index (χ0v) is 12.9. The average Bonchev–Trinajstić information content (AvgIpc) is 2.57. The van der Waals surface area contributed by atoms with Crippen LogP contribution in [0.15, 0.2) is 42.5 Å². The molecular weight excluding hydrogens is 318 g/mol. The summed E-state index contributed by atoms with van der Waals surface area (Å²) in [5, 5.41) is 5.00. The van der Waals surface area contributed by atoms with E-state index in [1.807, 2.05) is 6.07 Å². The molecule has 0 heterocycles. The molecule has 2 amide bonds. The Hall–Kier alpha value is -2.80. The number of ether oxygens (including phenoxy) is 1. The number of carbonyl (C=O) groups is 2. The van der Waals surface area contributed by atoms with E-state index in [1.165, 1.54) is 0 Å². The third-order valence-corrected chi connectivity index (χ3v) is 3.18. The number of methoxy groups -OCH3 is 1. The number of anilines is 1. The van der Waals surface area contributed by atoms with Crippen molar-refractivity contribution in [2.24, 2.45) is 0 Å². The molecule has 7 heteroatoms. The van der Waals surface area contributed by atoms with Crippen LogP contribution in [0.5, 0.6) is 0 Å². The van der Waals surface area contributed by atoms with Gasteiger partial charge in [-0.15, -0.1) is 0 Å². The third-order valence-electron chi connectivity index (χ3n) is 3.18. The summed E-state index contributed by atoms with van der Waals surface area (Å²) in [6.45, 7) is 0.0246. The monoisotopic (exact) mass is 334 g/mol. The van der Waals surface area contributed by atoms with Gasteiger partial charge >= 0.3 is 0 Å². The number of nitrogens with one attached hydrogen (secondary N) is 2. The van der Waals surface area contributed by atoms with Gasteiger partial charge in [-0.3, -0.25) is 9.59 Å². The minimum absolute atomic E-state index is 0.0681. The van der Waals surface area contributed by atoms with Gasteiger partial charge in [0.25, 0.3) is 5.91 Å². The predicted octanol–water partition coefficient (Wildman–Crippen LogP) is 2.48. The van der Waals surface area contributed by atoms with E-state index in [0.29, 0.717) is 12.3 Å². The highest BCUT2D eigenvalue weighted by Gasteiger charge is 2.12. The van der Waals surface area contributed by atoms with Gasteiger partial charge in [0.05, 0.1) is 13.2 Å². The zero-order chi connectivity index (χ0) is 17.5. The Morgan fingerprint density at radius 1 is 1.08 bits per heavy atom. The first-order chi connectivity index (χ1) is 11.5. The van der Waals surface area contributed by atoms with Crippen molar-refractivity contribution < 1.29 is 23.1 Å². The van der Waals surface area contributed by atoms with Crippen molar-refractivity contribution in [3.63, 3.8) is 0 Å². The van der Waals surface area contributed by atoms with E-state index in [1.54, 1.807) is 25.3 Å². The van der Waals surface area contributed by atoms with Crippen LogP contribution < -0.4 is 10.6 Å². The number of para-hydroxylation sites is 1. The first kappa shape index (κ1) is 17.6. The van der Waals surface area contributed by atoms with Crippen LogP contribution in [0.3, 0.4) is 0 Å². The molecule has 2 rings (SSSR count). The lowest BCUT2D eigenvalue weighted by atomic mass is 10.2. The molecule has 0 bridgehead atoms. The van der Waals surface area contributed by atoms with Gasteiger partial charge in [0.15, 0.2) is 11.6 Å². The third kappa shape index (κ3) is 4.60. The first-order valence-corrected chi connectivity index (χ1v) is 7.11. The number of rotatable bonds is 6. The average molecular weight is 334 g/mol. The molecule has 0 saturated carbocycles. The van der Waals surface area contributed by atoms with Crippen LogP contribution >= 0.6 is 0 Å². The molecule has 0 aliphatic heterocycles. The molecule has 126 valence electrons. The number of hydrogen-bond acceptors (Lipinski definition) is 3. The fraction of sp³-hybridized carbons (Fsp3) is 0.176. The van der Waals surface area contributed by atoms with Gasteiger partial charge in [0, 0.05) is 23.9 Å². The molecular formula is C17H16F2N2O3. The molecule has 2 aromatic carbocycles. The van der Waals surface area contributed by atoms with Crippen molar-refractivity contribution in [1.82, 2.24) is 5.32 Å². The van der Waals surface area contributed by atoms with Crippen molar-refractivity contribution >= 4 is 17.5 Å². The van der Waals surface area contributed by atoms with Gasteiger partial charge in [-0.25, -0.2) is 8.78 Å². The quantitative estimate of drug-likeness (QED) is 0.853. The summed E-state index contributed by atoms with van der Waals surface area (Å²) in [6.07, 6.45) is 0. The van der Waals surface area contributed by atoms with Gasteiger partial charge in [-0.05, 0) is 24.3 Å². The first-order valence-electron chi connectivity index (χ1n) is 7.11. The molecule has 2 aromatic rings. The Labute approximate surface area is 137 Å². The molecule has 0 aromatic heterocycles. The molecule has 5 nitrogen and oxygen atoms in total. The van der Waals surface area contributed by atoms with Crippen molar-refractivity contribution in [2.75, 3.05) is 19.0 Å². The van der Waals surface area contributed by atoms with Gasteiger partial charge in [0.2, 0.25) is 5.91 Å². The van der Waals surface area contributed by atoms with Crippen molar-refractivity contribution in [3.8, 4) is 0 Å². The van der Waals surface area contributed by atoms with Gasteiger partial charge in [0.1, 0.15) is 0 Å². The summed E-state index contributed by atoms with van der Waals surface area (Å²) in [6, 6.07) is 9.85. The molecule has 0 aliphatic rings. The lowest BCUT2D eigenvalue weighted by molar-refractivity contribution is -0.115. The zero-order valence-electron chi connectivity index (χ0n) is 12.9. The fourth-order valence-electron chi connectivity index (χ4n) is 2.02. The van der Waals surface area contributed by atoms with Crippen molar-refractivity contribution in [2.45, 2.75) is 6.61 Å². The van der Waals surface area contributed by atoms with Crippen LogP contribution in [0, 0.1) is 11.6 Å². The van der Waals surface area contributed by atoms with E-state index in [4.69, 9.17) is 4.74 Å². The molecule has 0 unspecified atom stereocenters. The SMILES string of the molecule is COCc1ccccc1NC(=O)CNC(=O)c1ccc(F)c(F)c1. The standard InChI is InChI=1S/C17H16F2N2O3/c1-24-10-12-4-2-3-5-15(12)21-16(22)9-20-17(23)11-6-7-13(18)14(19)8-11/h2-8H,9-10H2,1H3,(H,20,23)(H,21,22). The van der Waals surface area contributed by atoms with Crippen LogP contribution in [0.1, 0.15) is 15.9 Å². The van der Waals surface area contributed by atoms with Crippen molar-refractivity contribution in [1.29, 1.82) is 0 Å². The van der Waals surface area contributed by atoms with E-state index in [-0.39, 0.29) is 12.1 Å². The van der Waals surface area contributed by atoms with Gasteiger partial charge < -0.3 is 15.4 Å². The van der Waals surface area contributed by atoms with Crippen LogP contribution in [-0.4, -0.2) is 25.5 Å². The van der Waals surface area contributed by atoms with Gasteiger partial charge in [-0.1, -0.05) is 18.2 Å². The number of hydrogen-bond donors (Lipinski definition) is 2. The number of benzene rings is 2. The minimum atomic E-state index is -1.12. The Bertz CT molecular complexity index is 750. The Morgan fingerprint density at radius 2 is 1.83 bits per heavy atom. The lowest BCUT2D eigenvalue weighted by Crippen LogP contribution is -2.33. The Morgan fingerprint density at radius 3 is 2.54 bits per heavy atom. The van der Waals surface area contributed by atoms with Crippen molar-refractivity contribution in [3.05, 3.63) is 65.2 Å².